The van der Waals surface area contributed by atoms with E-state index in [0.717, 1.165) is 31.2 Å². The number of guanidine groups is 1. The maximum Gasteiger partial charge on any atom is 0.191 e. The van der Waals surface area contributed by atoms with Crippen molar-refractivity contribution >= 4 is 29.1 Å². The van der Waals surface area contributed by atoms with Crippen molar-refractivity contribution in [2.24, 2.45) is 4.99 Å². The Labute approximate surface area is 124 Å². The second-order valence-corrected chi connectivity index (χ2v) is 7.29. The first-order valence-electron chi connectivity index (χ1n) is 6.43. The van der Waals surface area contributed by atoms with Gasteiger partial charge in [0.2, 0.25) is 0 Å². The van der Waals surface area contributed by atoms with Crippen molar-refractivity contribution in [3.8, 4) is 0 Å². The van der Waals surface area contributed by atoms with E-state index < -0.39 is 0 Å². The van der Waals surface area contributed by atoms with Crippen LogP contribution in [0.3, 0.4) is 0 Å². The van der Waals surface area contributed by atoms with Gasteiger partial charge in [-0.3, -0.25) is 4.99 Å². The average molecular weight is 300 g/mol. The van der Waals surface area contributed by atoms with Crippen molar-refractivity contribution in [2.45, 2.75) is 38.5 Å². The summed E-state index contributed by atoms with van der Waals surface area (Å²) in [7, 11) is 1.79. The summed E-state index contributed by atoms with van der Waals surface area (Å²) in [6.07, 6.45) is 3.12. The van der Waals surface area contributed by atoms with Crippen molar-refractivity contribution in [3.05, 3.63) is 16.1 Å². The van der Waals surface area contributed by atoms with Crippen LogP contribution in [0.15, 0.2) is 10.4 Å². The van der Waals surface area contributed by atoms with Gasteiger partial charge in [-0.05, 0) is 26.5 Å². The van der Waals surface area contributed by atoms with E-state index in [9.17, 15) is 0 Å². The van der Waals surface area contributed by atoms with Gasteiger partial charge in [-0.15, -0.1) is 11.3 Å². The average Bonchev–Trinajstić information content (AvgIpc) is 2.87. The van der Waals surface area contributed by atoms with Crippen LogP contribution in [0.5, 0.6) is 0 Å². The van der Waals surface area contributed by atoms with E-state index >= 15 is 0 Å². The Morgan fingerprint density at radius 3 is 2.74 bits per heavy atom. The first-order chi connectivity index (χ1) is 9.00. The molecule has 1 aromatic rings. The number of nitrogens with one attached hydrogen (secondary N) is 2. The lowest BCUT2D eigenvalue weighted by Crippen LogP contribution is -2.43. The molecule has 0 aliphatic rings. The highest BCUT2D eigenvalue weighted by atomic mass is 32.2. The van der Waals surface area contributed by atoms with Crippen molar-refractivity contribution in [1.29, 1.82) is 0 Å². The van der Waals surface area contributed by atoms with Gasteiger partial charge in [-0.1, -0.05) is 6.92 Å². The topological polar surface area (TPSA) is 49.3 Å². The van der Waals surface area contributed by atoms with Crippen LogP contribution in [-0.2, 0) is 13.0 Å². The predicted octanol–water partition coefficient (Wildman–Crippen LogP) is 2.51. The zero-order chi connectivity index (χ0) is 14.3. The number of aliphatic imine (C=N–C) groups is 1. The van der Waals surface area contributed by atoms with Gasteiger partial charge in [0.05, 0.1) is 17.2 Å². The summed E-state index contributed by atoms with van der Waals surface area (Å²) in [6.45, 7) is 8.15. The summed E-state index contributed by atoms with van der Waals surface area (Å²) in [5, 5.41) is 9.92. The highest BCUT2D eigenvalue weighted by Gasteiger charge is 2.16. The monoisotopic (exact) mass is 300 g/mol. The number of thiazole rings is 1. The van der Waals surface area contributed by atoms with Crippen LogP contribution in [0.4, 0.5) is 0 Å². The summed E-state index contributed by atoms with van der Waals surface area (Å²) < 4.78 is 0.202. The Kier molecular flexibility index (Phi) is 6.65. The van der Waals surface area contributed by atoms with Gasteiger partial charge in [0.15, 0.2) is 5.96 Å². The lowest BCUT2D eigenvalue weighted by Gasteiger charge is -2.23. The smallest absolute Gasteiger partial charge is 0.191 e. The van der Waals surface area contributed by atoms with Crippen LogP contribution < -0.4 is 10.6 Å². The molecule has 0 bridgehead atoms. The fourth-order valence-electron chi connectivity index (χ4n) is 1.36. The van der Waals surface area contributed by atoms with Gasteiger partial charge in [-0.2, -0.15) is 11.8 Å². The molecule has 0 aliphatic heterocycles. The number of hydrogen-bond donors (Lipinski definition) is 2. The first-order valence-corrected chi connectivity index (χ1v) is 8.54. The van der Waals surface area contributed by atoms with Crippen LogP contribution in [0, 0.1) is 0 Å². The van der Waals surface area contributed by atoms with E-state index in [0.29, 0.717) is 0 Å². The molecule has 0 unspecified atom stereocenters. The molecule has 19 heavy (non-hydrogen) atoms. The number of thioether (sulfide) groups is 1. The zero-order valence-electron chi connectivity index (χ0n) is 12.4. The Balaban J connectivity index is 2.41. The zero-order valence-corrected chi connectivity index (χ0v) is 14.0. The molecular weight excluding hydrogens is 276 g/mol. The maximum atomic E-state index is 4.53. The molecule has 4 nitrogen and oxygen atoms in total. The largest absolute Gasteiger partial charge is 0.355 e. The van der Waals surface area contributed by atoms with Crippen LogP contribution in [0.2, 0.25) is 0 Å². The molecular formula is C13H24N4S2. The molecule has 0 saturated carbocycles. The van der Waals surface area contributed by atoms with E-state index in [1.54, 1.807) is 18.4 Å². The highest BCUT2D eigenvalue weighted by Crippen LogP contribution is 2.19. The molecule has 1 rings (SSSR count). The van der Waals surface area contributed by atoms with Crippen molar-refractivity contribution in [1.82, 2.24) is 15.6 Å². The fraction of sp³-hybridized carbons (Fsp3) is 0.692. The Morgan fingerprint density at radius 1 is 1.47 bits per heavy atom. The van der Waals surface area contributed by atoms with Crippen LogP contribution in [0.1, 0.15) is 31.5 Å². The molecule has 0 fully saturated rings. The molecule has 0 aromatic carbocycles. The third-order valence-electron chi connectivity index (χ3n) is 2.80. The van der Waals surface area contributed by atoms with Crippen molar-refractivity contribution in [3.63, 3.8) is 0 Å². The van der Waals surface area contributed by atoms with Gasteiger partial charge in [-0.25, -0.2) is 4.98 Å². The quantitative estimate of drug-likeness (QED) is 0.626. The molecule has 0 amide bonds. The Bertz CT molecular complexity index is 413. The SMILES string of the molecule is CCc1nc(CNC(=NC)NCC(C)(C)SC)cs1. The summed E-state index contributed by atoms with van der Waals surface area (Å²) in [4.78, 5) is 8.76. The van der Waals surface area contributed by atoms with Gasteiger partial charge in [0.1, 0.15) is 0 Å². The summed E-state index contributed by atoms with van der Waals surface area (Å²) in [5.41, 5.74) is 1.08. The molecule has 1 heterocycles. The number of hydrogen-bond acceptors (Lipinski definition) is 4. The highest BCUT2D eigenvalue weighted by molar-refractivity contribution is 7.99. The predicted molar refractivity (Wildman–Crippen MR) is 87.3 cm³/mol. The second-order valence-electron chi connectivity index (χ2n) is 4.83. The Hall–Kier alpha value is -0.750. The second kappa shape index (κ2) is 7.75. The summed E-state index contributed by atoms with van der Waals surface area (Å²) in [5.74, 6) is 0.827. The molecule has 2 N–H and O–H groups in total. The minimum absolute atomic E-state index is 0.202. The molecule has 0 spiro atoms. The normalized spacial score (nSPS) is 12.6. The van der Waals surface area contributed by atoms with E-state index in [4.69, 9.17) is 0 Å². The fourth-order valence-corrected chi connectivity index (χ4v) is 2.32. The van der Waals surface area contributed by atoms with E-state index in [2.05, 4.69) is 53.0 Å². The van der Waals surface area contributed by atoms with Crippen LogP contribution in [-0.4, -0.2) is 35.5 Å². The summed E-state index contributed by atoms with van der Waals surface area (Å²) >= 11 is 3.56. The standard InChI is InChI=1S/C13H24N4S2/c1-6-11-17-10(8-19-11)7-15-12(14-4)16-9-13(2,3)18-5/h8H,6-7,9H2,1-5H3,(H2,14,15,16). The van der Waals surface area contributed by atoms with Gasteiger partial charge < -0.3 is 10.6 Å². The number of nitrogens with zero attached hydrogens (tertiary/aromatic N) is 2. The van der Waals surface area contributed by atoms with E-state index in [-0.39, 0.29) is 4.75 Å². The van der Waals surface area contributed by atoms with Gasteiger partial charge in [0.25, 0.3) is 0 Å². The van der Waals surface area contributed by atoms with Gasteiger partial charge >= 0.3 is 0 Å². The number of rotatable bonds is 6. The number of aromatic nitrogens is 1. The minimum Gasteiger partial charge on any atom is -0.355 e. The molecule has 0 radical (unpaired) electrons. The molecule has 0 atom stereocenters. The molecule has 108 valence electrons. The molecule has 0 saturated heterocycles. The van der Waals surface area contributed by atoms with E-state index in [1.807, 2.05) is 11.8 Å². The minimum atomic E-state index is 0.202. The van der Waals surface area contributed by atoms with Crippen molar-refractivity contribution < 1.29 is 0 Å². The maximum absolute atomic E-state index is 4.53. The first kappa shape index (κ1) is 16.3. The summed E-state index contributed by atoms with van der Waals surface area (Å²) in [6, 6.07) is 0. The van der Waals surface area contributed by atoms with Crippen LogP contribution >= 0.6 is 23.1 Å². The third-order valence-corrected chi connectivity index (χ3v) is 5.09. The number of aryl methyl sites for hydroxylation is 1. The Morgan fingerprint density at radius 2 is 2.21 bits per heavy atom. The van der Waals surface area contributed by atoms with Crippen LogP contribution in [0.25, 0.3) is 0 Å². The molecule has 1 aromatic heterocycles. The third kappa shape index (κ3) is 5.82. The molecule has 0 aliphatic carbocycles. The van der Waals surface area contributed by atoms with Crippen molar-refractivity contribution in [2.75, 3.05) is 19.8 Å². The van der Waals surface area contributed by atoms with Gasteiger partial charge in [0, 0.05) is 23.7 Å². The molecule has 6 heteroatoms. The lowest BCUT2D eigenvalue weighted by atomic mass is 10.2. The lowest BCUT2D eigenvalue weighted by molar-refractivity contribution is 0.663. The van der Waals surface area contributed by atoms with E-state index in [1.165, 1.54) is 5.01 Å².